The van der Waals surface area contributed by atoms with E-state index in [0.717, 1.165) is 11.1 Å². The van der Waals surface area contributed by atoms with Crippen LogP contribution in [0.25, 0.3) is 6.08 Å². The van der Waals surface area contributed by atoms with E-state index in [1.165, 1.54) is 6.08 Å². The van der Waals surface area contributed by atoms with Crippen molar-refractivity contribution in [1.82, 2.24) is 0 Å². The van der Waals surface area contributed by atoms with Gasteiger partial charge in [-0.25, -0.2) is 0 Å². The van der Waals surface area contributed by atoms with Crippen LogP contribution in [0, 0.1) is 11.3 Å². The summed E-state index contributed by atoms with van der Waals surface area (Å²) in [6, 6.07) is 14.8. The van der Waals surface area contributed by atoms with Crippen LogP contribution in [0.5, 0.6) is 5.75 Å². The molecule has 2 aromatic rings. The zero-order chi connectivity index (χ0) is 14.4. The molecule has 100 valence electrons. The van der Waals surface area contributed by atoms with Gasteiger partial charge in [0.2, 0.25) is 0 Å². The molecule has 0 amide bonds. The summed E-state index contributed by atoms with van der Waals surface area (Å²) in [7, 11) is 0. The highest BCUT2D eigenvalue weighted by Gasteiger charge is 2.03. The molecule has 4 heteroatoms. The molecule has 0 atom stereocenters. The number of nitriles is 1. The van der Waals surface area contributed by atoms with Gasteiger partial charge in [-0.05, 0) is 41.5 Å². The third-order valence-corrected chi connectivity index (χ3v) is 3.16. The van der Waals surface area contributed by atoms with Crippen LogP contribution in [-0.4, -0.2) is 0 Å². The third kappa shape index (κ3) is 4.03. The second kappa shape index (κ2) is 7.00. The fraction of sp³-hybridized carbons (Fsp3) is 0.0625. The first kappa shape index (κ1) is 14.5. The first-order valence-electron chi connectivity index (χ1n) is 5.92. The summed E-state index contributed by atoms with van der Waals surface area (Å²) in [5.41, 5.74) is 1.87. The first-order valence-corrected chi connectivity index (χ1v) is 6.67. The van der Waals surface area contributed by atoms with Crippen LogP contribution in [0.3, 0.4) is 0 Å². The van der Waals surface area contributed by atoms with Gasteiger partial charge >= 0.3 is 0 Å². The molecule has 0 bridgehead atoms. The van der Waals surface area contributed by atoms with Crippen LogP contribution in [-0.2, 0) is 6.61 Å². The lowest BCUT2D eigenvalue weighted by atomic mass is 10.2. The van der Waals surface area contributed by atoms with E-state index in [1.54, 1.807) is 18.2 Å². The van der Waals surface area contributed by atoms with Crippen LogP contribution in [0.15, 0.2) is 48.5 Å². The topological polar surface area (TPSA) is 33.0 Å². The average Bonchev–Trinajstić information content (AvgIpc) is 2.46. The molecule has 20 heavy (non-hydrogen) atoms. The molecule has 0 saturated heterocycles. The number of hydrogen-bond donors (Lipinski definition) is 0. The number of ether oxygens (including phenoxy) is 1. The van der Waals surface area contributed by atoms with Crippen LogP contribution in [0.2, 0.25) is 10.0 Å². The Morgan fingerprint density at radius 1 is 1.10 bits per heavy atom. The summed E-state index contributed by atoms with van der Waals surface area (Å²) in [5.74, 6) is 0.607. The van der Waals surface area contributed by atoms with E-state index in [1.807, 2.05) is 36.4 Å². The second-order valence-corrected chi connectivity index (χ2v) is 4.91. The Bertz CT molecular complexity index is 657. The van der Waals surface area contributed by atoms with Crippen molar-refractivity contribution in [2.45, 2.75) is 6.61 Å². The summed E-state index contributed by atoms with van der Waals surface area (Å²) in [5, 5.41) is 9.69. The molecule has 2 nitrogen and oxygen atoms in total. The SMILES string of the molecule is N#C/C=C/c1ccc(OCc2ccc(Cl)cc2)c(Cl)c1. The molecule has 0 radical (unpaired) electrons. The number of halogens is 2. The molecule has 2 rings (SSSR count). The van der Waals surface area contributed by atoms with Crippen molar-refractivity contribution in [2.75, 3.05) is 0 Å². The highest BCUT2D eigenvalue weighted by Crippen LogP contribution is 2.27. The smallest absolute Gasteiger partial charge is 0.138 e. The summed E-state index contributed by atoms with van der Waals surface area (Å²) < 4.78 is 5.66. The number of nitrogens with zero attached hydrogens (tertiary/aromatic N) is 1. The fourth-order valence-electron chi connectivity index (χ4n) is 1.61. The molecular formula is C16H11Cl2NO. The van der Waals surface area contributed by atoms with Gasteiger partial charge in [0.05, 0.1) is 11.1 Å². The zero-order valence-electron chi connectivity index (χ0n) is 10.5. The molecular weight excluding hydrogens is 293 g/mol. The number of benzene rings is 2. The Labute approximate surface area is 127 Å². The molecule has 0 aliphatic heterocycles. The van der Waals surface area contributed by atoms with E-state index in [9.17, 15) is 0 Å². The molecule has 0 aliphatic carbocycles. The van der Waals surface area contributed by atoms with E-state index in [0.29, 0.717) is 22.4 Å². The second-order valence-electron chi connectivity index (χ2n) is 4.07. The predicted octanol–water partition coefficient (Wildman–Crippen LogP) is 5.11. The van der Waals surface area contributed by atoms with Gasteiger partial charge in [-0.1, -0.05) is 41.4 Å². The van der Waals surface area contributed by atoms with Crippen molar-refractivity contribution < 1.29 is 4.74 Å². The molecule has 0 spiro atoms. The summed E-state index contributed by atoms with van der Waals surface area (Å²) in [6.45, 7) is 0.421. The van der Waals surface area contributed by atoms with Crippen molar-refractivity contribution in [2.24, 2.45) is 0 Å². The van der Waals surface area contributed by atoms with Gasteiger partial charge in [0.1, 0.15) is 12.4 Å². The summed E-state index contributed by atoms with van der Waals surface area (Å²) >= 11 is 12.0. The maximum absolute atomic E-state index is 8.48. The predicted molar refractivity (Wildman–Crippen MR) is 81.9 cm³/mol. The number of rotatable bonds is 4. The lowest BCUT2D eigenvalue weighted by Crippen LogP contribution is -1.95. The summed E-state index contributed by atoms with van der Waals surface area (Å²) in [4.78, 5) is 0. The lowest BCUT2D eigenvalue weighted by Gasteiger charge is -2.08. The Morgan fingerprint density at radius 2 is 1.85 bits per heavy atom. The largest absolute Gasteiger partial charge is 0.487 e. The highest BCUT2D eigenvalue weighted by molar-refractivity contribution is 6.32. The fourth-order valence-corrected chi connectivity index (χ4v) is 1.98. The third-order valence-electron chi connectivity index (χ3n) is 2.61. The Kier molecular flexibility index (Phi) is 5.06. The summed E-state index contributed by atoms with van der Waals surface area (Å²) in [6.07, 6.45) is 3.09. The maximum atomic E-state index is 8.48. The minimum Gasteiger partial charge on any atom is -0.487 e. The van der Waals surface area contributed by atoms with E-state index in [2.05, 4.69) is 0 Å². The Morgan fingerprint density at radius 3 is 2.50 bits per heavy atom. The molecule has 0 N–H and O–H groups in total. The quantitative estimate of drug-likeness (QED) is 0.735. The van der Waals surface area contributed by atoms with Crippen molar-refractivity contribution in [1.29, 1.82) is 5.26 Å². The van der Waals surface area contributed by atoms with Crippen molar-refractivity contribution in [3.63, 3.8) is 0 Å². The van der Waals surface area contributed by atoms with Gasteiger partial charge in [-0.2, -0.15) is 5.26 Å². The maximum Gasteiger partial charge on any atom is 0.138 e. The van der Waals surface area contributed by atoms with Gasteiger partial charge in [-0.3, -0.25) is 0 Å². The number of allylic oxidation sites excluding steroid dienone is 1. The molecule has 0 saturated carbocycles. The van der Waals surface area contributed by atoms with Crippen molar-refractivity contribution in [3.05, 3.63) is 69.7 Å². The normalized spacial score (nSPS) is 10.4. The van der Waals surface area contributed by atoms with Gasteiger partial charge in [-0.15, -0.1) is 0 Å². The van der Waals surface area contributed by atoms with Crippen molar-refractivity contribution >= 4 is 29.3 Å². The van der Waals surface area contributed by atoms with E-state index < -0.39 is 0 Å². The van der Waals surface area contributed by atoms with Gasteiger partial charge in [0, 0.05) is 11.1 Å². The van der Waals surface area contributed by atoms with Gasteiger partial charge in [0.15, 0.2) is 0 Å². The molecule has 0 aliphatic rings. The van der Waals surface area contributed by atoms with Crippen LogP contribution in [0.1, 0.15) is 11.1 Å². The van der Waals surface area contributed by atoms with E-state index in [-0.39, 0.29) is 0 Å². The van der Waals surface area contributed by atoms with Crippen LogP contribution in [0.4, 0.5) is 0 Å². The molecule has 0 heterocycles. The monoisotopic (exact) mass is 303 g/mol. The minimum atomic E-state index is 0.421. The average molecular weight is 304 g/mol. The van der Waals surface area contributed by atoms with Gasteiger partial charge in [0.25, 0.3) is 0 Å². The highest BCUT2D eigenvalue weighted by atomic mass is 35.5. The Balaban J connectivity index is 2.05. The van der Waals surface area contributed by atoms with E-state index >= 15 is 0 Å². The van der Waals surface area contributed by atoms with Crippen LogP contribution < -0.4 is 4.74 Å². The number of hydrogen-bond acceptors (Lipinski definition) is 2. The van der Waals surface area contributed by atoms with Gasteiger partial charge < -0.3 is 4.74 Å². The minimum absolute atomic E-state index is 0.421. The first-order chi connectivity index (χ1) is 9.69. The Hall–Kier alpha value is -1.95. The lowest BCUT2D eigenvalue weighted by molar-refractivity contribution is 0.306. The van der Waals surface area contributed by atoms with Crippen molar-refractivity contribution in [3.8, 4) is 11.8 Å². The zero-order valence-corrected chi connectivity index (χ0v) is 12.0. The van der Waals surface area contributed by atoms with Crippen LogP contribution >= 0.6 is 23.2 Å². The standard InChI is InChI=1S/C16H11Cl2NO/c17-14-6-3-13(4-7-14)11-20-16-8-5-12(2-1-9-19)10-15(16)18/h1-8,10H,11H2/b2-1+. The van der Waals surface area contributed by atoms with E-state index in [4.69, 9.17) is 33.2 Å². The molecule has 0 aromatic heterocycles. The molecule has 0 fully saturated rings. The molecule has 2 aromatic carbocycles. The molecule has 0 unspecified atom stereocenters.